The number of halogens is 3. The lowest BCUT2D eigenvalue weighted by atomic mass is 10.2. The van der Waals surface area contributed by atoms with Crippen LogP contribution in [0.3, 0.4) is 0 Å². The fourth-order valence-corrected chi connectivity index (χ4v) is 1.39. The van der Waals surface area contributed by atoms with E-state index in [2.05, 4.69) is 5.16 Å². The van der Waals surface area contributed by atoms with Gasteiger partial charge in [-0.2, -0.15) is 0 Å². The van der Waals surface area contributed by atoms with Crippen LogP contribution in [-0.2, 0) is 0 Å². The maximum absolute atomic E-state index is 13.5. The Morgan fingerprint density at radius 1 is 1.50 bits per heavy atom. The Bertz CT molecular complexity index is 508. The minimum absolute atomic E-state index is 0.223. The molecule has 5 nitrogen and oxygen atoms in total. The van der Waals surface area contributed by atoms with Crippen molar-refractivity contribution in [3.05, 3.63) is 34.4 Å². The van der Waals surface area contributed by atoms with Gasteiger partial charge in [-0.25, -0.2) is 8.78 Å². The summed E-state index contributed by atoms with van der Waals surface area (Å²) in [5.41, 5.74) is 4.72. The van der Waals surface area contributed by atoms with Crippen molar-refractivity contribution in [1.82, 2.24) is 4.90 Å². The minimum Gasteiger partial charge on any atom is -0.409 e. The predicted octanol–water partition coefficient (Wildman–Crippen LogP) is 1.44. The highest BCUT2D eigenvalue weighted by atomic mass is 35.5. The number of amides is 1. The van der Waals surface area contributed by atoms with E-state index in [4.69, 9.17) is 22.5 Å². The highest BCUT2D eigenvalue weighted by molar-refractivity contribution is 6.30. The monoisotopic (exact) mass is 277 g/mol. The number of nitrogens with two attached hydrogens (primary N) is 1. The SMILES string of the molecule is CN(C/C(N)=N/O)C(=O)c1cc(F)c(Cl)cc1F. The topological polar surface area (TPSA) is 78.9 Å². The van der Waals surface area contributed by atoms with Crippen LogP contribution < -0.4 is 5.73 Å². The minimum atomic E-state index is -0.947. The zero-order valence-corrected chi connectivity index (χ0v) is 10.1. The Kier molecular flexibility index (Phi) is 4.43. The van der Waals surface area contributed by atoms with Crippen molar-refractivity contribution in [3.63, 3.8) is 0 Å². The molecule has 1 rings (SSSR count). The molecule has 0 aromatic heterocycles. The summed E-state index contributed by atoms with van der Waals surface area (Å²) in [5, 5.41) is 10.6. The molecule has 0 spiro atoms. The van der Waals surface area contributed by atoms with Crippen LogP contribution in [0.2, 0.25) is 5.02 Å². The maximum Gasteiger partial charge on any atom is 0.257 e. The largest absolute Gasteiger partial charge is 0.409 e. The van der Waals surface area contributed by atoms with E-state index >= 15 is 0 Å². The van der Waals surface area contributed by atoms with Crippen LogP contribution in [0.4, 0.5) is 8.78 Å². The van der Waals surface area contributed by atoms with Crippen LogP contribution in [0.15, 0.2) is 17.3 Å². The second-order valence-electron chi connectivity index (χ2n) is 3.50. The van der Waals surface area contributed by atoms with Gasteiger partial charge < -0.3 is 15.8 Å². The van der Waals surface area contributed by atoms with Gasteiger partial charge >= 0.3 is 0 Å². The zero-order valence-electron chi connectivity index (χ0n) is 9.32. The first-order valence-electron chi connectivity index (χ1n) is 4.73. The molecule has 0 heterocycles. The number of hydrogen-bond donors (Lipinski definition) is 2. The first kappa shape index (κ1) is 14.2. The average molecular weight is 278 g/mol. The highest BCUT2D eigenvalue weighted by Gasteiger charge is 2.19. The van der Waals surface area contributed by atoms with E-state index in [0.717, 1.165) is 4.90 Å². The summed E-state index contributed by atoms with van der Waals surface area (Å²) in [4.78, 5) is 12.7. The number of amidine groups is 1. The number of carbonyl (C=O) groups excluding carboxylic acids is 1. The molecule has 0 aliphatic rings. The van der Waals surface area contributed by atoms with Crippen molar-refractivity contribution in [2.75, 3.05) is 13.6 Å². The summed E-state index contributed by atoms with van der Waals surface area (Å²) < 4.78 is 26.6. The molecule has 0 aliphatic heterocycles. The van der Waals surface area contributed by atoms with Gasteiger partial charge in [0.05, 0.1) is 17.1 Å². The molecule has 0 fully saturated rings. The number of nitrogens with zero attached hydrogens (tertiary/aromatic N) is 2. The molecule has 98 valence electrons. The highest BCUT2D eigenvalue weighted by Crippen LogP contribution is 2.20. The molecule has 0 atom stereocenters. The number of oxime groups is 1. The van der Waals surface area contributed by atoms with Crippen molar-refractivity contribution in [3.8, 4) is 0 Å². The molecule has 1 amide bonds. The zero-order chi connectivity index (χ0) is 13.9. The molecule has 0 saturated carbocycles. The Morgan fingerprint density at radius 2 is 2.11 bits per heavy atom. The van der Waals surface area contributed by atoms with Gasteiger partial charge in [0.1, 0.15) is 11.6 Å². The molecule has 0 bridgehead atoms. The lowest BCUT2D eigenvalue weighted by Gasteiger charge is -2.16. The summed E-state index contributed by atoms with van der Waals surface area (Å²) in [7, 11) is 1.30. The van der Waals surface area contributed by atoms with Crippen molar-refractivity contribution in [2.45, 2.75) is 0 Å². The summed E-state index contributed by atoms with van der Waals surface area (Å²) in [6.07, 6.45) is 0. The van der Waals surface area contributed by atoms with Gasteiger partial charge in [0.25, 0.3) is 5.91 Å². The molecular weight excluding hydrogens is 268 g/mol. The van der Waals surface area contributed by atoms with E-state index in [0.29, 0.717) is 12.1 Å². The van der Waals surface area contributed by atoms with Crippen LogP contribution in [0.25, 0.3) is 0 Å². The van der Waals surface area contributed by atoms with Gasteiger partial charge in [-0.3, -0.25) is 4.79 Å². The van der Waals surface area contributed by atoms with Gasteiger partial charge in [0.2, 0.25) is 0 Å². The molecule has 1 aromatic rings. The van der Waals surface area contributed by atoms with Gasteiger partial charge in [-0.05, 0) is 12.1 Å². The standard InChI is InChI=1S/C10H10ClF2N3O2/c1-16(4-9(14)15-18)10(17)5-2-8(13)6(11)3-7(5)12/h2-3,18H,4H2,1H3,(H2,14,15). The van der Waals surface area contributed by atoms with Crippen LogP contribution in [-0.4, -0.2) is 35.4 Å². The van der Waals surface area contributed by atoms with E-state index in [1.807, 2.05) is 0 Å². The summed E-state index contributed by atoms with van der Waals surface area (Å²) in [6, 6.07) is 1.41. The molecular formula is C10H10ClF2N3O2. The quantitative estimate of drug-likeness (QED) is 0.288. The third-order valence-electron chi connectivity index (χ3n) is 2.11. The van der Waals surface area contributed by atoms with Crippen molar-refractivity contribution >= 4 is 23.3 Å². The van der Waals surface area contributed by atoms with Gasteiger partial charge in [-0.15, -0.1) is 0 Å². The van der Waals surface area contributed by atoms with Gasteiger partial charge in [-0.1, -0.05) is 16.8 Å². The predicted molar refractivity (Wildman–Crippen MR) is 61.7 cm³/mol. The normalized spacial score (nSPS) is 11.4. The Hall–Kier alpha value is -1.89. The Morgan fingerprint density at radius 3 is 2.67 bits per heavy atom. The molecule has 0 saturated heterocycles. The number of carbonyl (C=O) groups is 1. The number of likely N-dealkylation sites (N-methyl/N-ethyl adjacent to an activating group) is 1. The van der Waals surface area contributed by atoms with Crippen molar-refractivity contribution in [2.24, 2.45) is 10.9 Å². The second-order valence-corrected chi connectivity index (χ2v) is 3.91. The molecule has 0 aliphatic carbocycles. The number of hydrogen-bond acceptors (Lipinski definition) is 3. The van der Waals surface area contributed by atoms with Crippen molar-refractivity contribution in [1.29, 1.82) is 0 Å². The van der Waals surface area contributed by atoms with E-state index < -0.39 is 28.1 Å². The molecule has 3 N–H and O–H groups in total. The summed E-state index contributed by atoms with van der Waals surface area (Å²) >= 11 is 5.36. The lowest BCUT2D eigenvalue weighted by Crippen LogP contribution is -2.36. The number of rotatable bonds is 3. The van der Waals surface area contributed by atoms with Gasteiger partial charge in [0.15, 0.2) is 5.84 Å². The first-order valence-corrected chi connectivity index (χ1v) is 5.11. The van der Waals surface area contributed by atoms with E-state index in [-0.39, 0.29) is 12.4 Å². The fourth-order valence-electron chi connectivity index (χ4n) is 1.24. The molecule has 18 heavy (non-hydrogen) atoms. The molecule has 8 heteroatoms. The fraction of sp³-hybridized carbons (Fsp3) is 0.200. The van der Waals surface area contributed by atoms with Crippen LogP contribution in [0.1, 0.15) is 10.4 Å². The maximum atomic E-state index is 13.5. The van der Waals surface area contributed by atoms with Gasteiger partial charge in [0, 0.05) is 7.05 Å². The van der Waals surface area contributed by atoms with Crippen LogP contribution >= 0.6 is 11.6 Å². The Labute approximate surface area is 106 Å². The first-order chi connectivity index (χ1) is 8.36. The van der Waals surface area contributed by atoms with E-state index in [9.17, 15) is 13.6 Å². The third kappa shape index (κ3) is 3.07. The average Bonchev–Trinajstić information content (AvgIpc) is 2.32. The molecule has 1 aromatic carbocycles. The third-order valence-corrected chi connectivity index (χ3v) is 2.40. The summed E-state index contributed by atoms with van der Waals surface area (Å²) in [6.45, 7) is -0.223. The smallest absolute Gasteiger partial charge is 0.257 e. The second kappa shape index (κ2) is 5.63. The molecule has 0 unspecified atom stereocenters. The summed E-state index contributed by atoms with van der Waals surface area (Å²) in [5.74, 6) is -2.90. The van der Waals surface area contributed by atoms with E-state index in [1.165, 1.54) is 7.05 Å². The Balaban J connectivity index is 3.00. The van der Waals surface area contributed by atoms with Crippen LogP contribution in [0.5, 0.6) is 0 Å². The lowest BCUT2D eigenvalue weighted by molar-refractivity contribution is 0.0808. The number of benzene rings is 1. The van der Waals surface area contributed by atoms with E-state index in [1.54, 1.807) is 0 Å². The van der Waals surface area contributed by atoms with Crippen molar-refractivity contribution < 1.29 is 18.8 Å². The molecule has 0 radical (unpaired) electrons. The van der Waals surface area contributed by atoms with Crippen LogP contribution in [0, 0.1) is 11.6 Å².